The molecular weight excluding hydrogens is 502 g/mol. The molecule has 1 aliphatic carbocycles. The summed E-state index contributed by atoms with van der Waals surface area (Å²) < 4.78 is 23.5. The smallest absolute Gasteiger partial charge is 0.161 e. The zero-order valence-corrected chi connectivity index (χ0v) is 23.8. The molecule has 2 fully saturated rings. The van der Waals surface area contributed by atoms with E-state index in [-0.39, 0.29) is 23.7 Å². The molecule has 1 spiro atoms. The number of piperidine rings is 1. The van der Waals surface area contributed by atoms with Crippen molar-refractivity contribution in [1.29, 1.82) is 0 Å². The lowest BCUT2D eigenvalue weighted by atomic mass is 9.69. The van der Waals surface area contributed by atoms with Crippen molar-refractivity contribution in [1.82, 2.24) is 0 Å². The molecule has 3 aromatic carbocycles. The van der Waals surface area contributed by atoms with Crippen LogP contribution < -0.4 is 9.64 Å². The summed E-state index contributed by atoms with van der Waals surface area (Å²) in [4.78, 5) is 2.46. The summed E-state index contributed by atoms with van der Waals surface area (Å²) in [5.41, 5.74) is 6.16. The van der Waals surface area contributed by atoms with Crippen molar-refractivity contribution in [3.63, 3.8) is 0 Å². The third-order valence-corrected chi connectivity index (χ3v) is 9.50. The van der Waals surface area contributed by atoms with Crippen molar-refractivity contribution < 1.29 is 24.1 Å². The predicted octanol–water partition coefficient (Wildman–Crippen LogP) is 6.26. The summed E-state index contributed by atoms with van der Waals surface area (Å²) in [6, 6.07) is 23.4. The Morgan fingerprint density at radius 2 is 1.68 bits per heavy atom. The molecule has 6 rings (SSSR count). The van der Waals surface area contributed by atoms with Crippen LogP contribution in [0.2, 0.25) is 0 Å². The highest BCUT2D eigenvalue weighted by molar-refractivity contribution is 5.58. The first-order chi connectivity index (χ1) is 19.5. The zero-order chi connectivity index (χ0) is 27.7. The molecule has 0 amide bonds. The number of ether oxygens (including phenoxy) is 4. The number of phenols is 1. The van der Waals surface area contributed by atoms with Gasteiger partial charge >= 0.3 is 0 Å². The molecule has 212 valence electrons. The summed E-state index contributed by atoms with van der Waals surface area (Å²) in [6.45, 7) is 2.58. The highest BCUT2D eigenvalue weighted by atomic mass is 16.7. The van der Waals surface area contributed by atoms with Crippen molar-refractivity contribution in [3.05, 3.63) is 89.0 Å². The van der Waals surface area contributed by atoms with Gasteiger partial charge in [0.05, 0.1) is 19.3 Å². The zero-order valence-electron chi connectivity index (χ0n) is 23.8. The number of benzene rings is 3. The fraction of sp³-hybridized carbons (Fsp3) is 0.471. The van der Waals surface area contributed by atoms with Gasteiger partial charge < -0.3 is 29.0 Å². The third-order valence-electron chi connectivity index (χ3n) is 9.50. The van der Waals surface area contributed by atoms with E-state index in [0.717, 1.165) is 50.9 Å². The van der Waals surface area contributed by atoms with Gasteiger partial charge in [0, 0.05) is 56.5 Å². The number of aromatic hydroxyl groups is 1. The monoisotopic (exact) mass is 543 g/mol. The lowest BCUT2D eigenvalue weighted by molar-refractivity contribution is -0.136. The van der Waals surface area contributed by atoms with E-state index >= 15 is 0 Å². The molecule has 0 aromatic heterocycles. The maximum absolute atomic E-state index is 10.2. The molecule has 3 aromatic rings. The molecule has 2 saturated heterocycles. The summed E-state index contributed by atoms with van der Waals surface area (Å²) >= 11 is 0. The molecular formula is C34H41NO5. The van der Waals surface area contributed by atoms with Gasteiger partial charge in [0.25, 0.3) is 0 Å². The van der Waals surface area contributed by atoms with Crippen LogP contribution in [0.5, 0.6) is 11.5 Å². The maximum Gasteiger partial charge on any atom is 0.161 e. The average Bonchev–Trinajstić information content (AvgIpc) is 3.40. The van der Waals surface area contributed by atoms with Crippen LogP contribution in [0.15, 0.2) is 66.7 Å². The second kappa shape index (κ2) is 11.4. The Balaban J connectivity index is 1.26. The van der Waals surface area contributed by atoms with Crippen molar-refractivity contribution in [2.24, 2.45) is 5.92 Å². The molecule has 6 nitrogen and oxygen atoms in total. The Morgan fingerprint density at radius 3 is 2.40 bits per heavy atom. The fourth-order valence-electron chi connectivity index (χ4n) is 7.46. The van der Waals surface area contributed by atoms with Crippen LogP contribution in [0.4, 0.5) is 5.69 Å². The topological polar surface area (TPSA) is 60.4 Å². The molecule has 1 N–H and O–H groups in total. The molecule has 40 heavy (non-hydrogen) atoms. The van der Waals surface area contributed by atoms with E-state index in [9.17, 15) is 5.11 Å². The van der Waals surface area contributed by atoms with E-state index < -0.39 is 0 Å². The Hall–Kier alpha value is -3.06. The number of phenolic OH excluding ortho intramolecular Hbond substituents is 1. The third kappa shape index (κ3) is 5.09. The summed E-state index contributed by atoms with van der Waals surface area (Å²) in [5.74, 6) is 2.02. The number of nitrogens with zero attached hydrogens (tertiary/aromatic N) is 1. The molecule has 3 aliphatic rings. The van der Waals surface area contributed by atoms with Crippen molar-refractivity contribution >= 4 is 5.69 Å². The summed E-state index contributed by atoms with van der Waals surface area (Å²) in [5, 5.41) is 10.2. The second-order valence-corrected chi connectivity index (χ2v) is 11.6. The standard InChI is InChI=1S/C34H41NO5/c1-37-31-20-26(35-17-15-34(16-18-35)21-25(22-40-34)33(38-2)39-3)10-13-30(31)32-28(23-7-5-4-6-8-23)12-9-24-19-27(36)11-14-29(24)32/h4-8,10-11,13-14,19-20,25,28,32-33,36H,9,12,15-18,21-22H2,1-3H3/t25-,28-,32+/m1/s1. The van der Waals surface area contributed by atoms with Crippen molar-refractivity contribution in [3.8, 4) is 11.5 Å². The van der Waals surface area contributed by atoms with Crippen LogP contribution in [-0.2, 0) is 20.6 Å². The van der Waals surface area contributed by atoms with Gasteiger partial charge in [-0.25, -0.2) is 0 Å². The largest absolute Gasteiger partial charge is 0.508 e. The van der Waals surface area contributed by atoms with Gasteiger partial charge in [-0.1, -0.05) is 42.5 Å². The van der Waals surface area contributed by atoms with Gasteiger partial charge in [-0.2, -0.15) is 0 Å². The molecule has 0 unspecified atom stereocenters. The predicted molar refractivity (Wildman–Crippen MR) is 156 cm³/mol. The van der Waals surface area contributed by atoms with E-state index in [4.69, 9.17) is 18.9 Å². The summed E-state index contributed by atoms with van der Waals surface area (Å²) in [7, 11) is 5.19. The molecule has 0 bridgehead atoms. The Bertz CT molecular complexity index is 1300. The van der Waals surface area contributed by atoms with Gasteiger partial charge in [0.15, 0.2) is 6.29 Å². The van der Waals surface area contributed by atoms with Crippen molar-refractivity contribution in [2.75, 3.05) is 45.9 Å². The van der Waals surface area contributed by atoms with Crippen LogP contribution in [0, 0.1) is 5.92 Å². The van der Waals surface area contributed by atoms with Gasteiger partial charge in [0.1, 0.15) is 11.5 Å². The van der Waals surface area contributed by atoms with Crippen LogP contribution in [0.3, 0.4) is 0 Å². The van der Waals surface area contributed by atoms with E-state index in [0.29, 0.717) is 18.3 Å². The highest BCUT2D eigenvalue weighted by Gasteiger charge is 2.45. The van der Waals surface area contributed by atoms with E-state index in [1.165, 1.54) is 27.9 Å². The van der Waals surface area contributed by atoms with Gasteiger partial charge in [-0.15, -0.1) is 0 Å². The number of fused-ring (bicyclic) bond motifs is 1. The number of methoxy groups -OCH3 is 3. The first-order valence-corrected chi connectivity index (χ1v) is 14.5. The number of hydrogen-bond acceptors (Lipinski definition) is 6. The Morgan fingerprint density at radius 1 is 0.925 bits per heavy atom. The maximum atomic E-state index is 10.2. The van der Waals surface area contributed by atoms with E-state index in [2.05, 4.69) is 59.5 Å². The molecule has 0 saturated carbocycles. The first kappa shape index (κ1) is 27.1. The first-order valence-electron chi connectivity index (χ1n) is 14.5. The normalized spacial score (nSPS) is 23.9. The lowest BCUT2D eigenvalue weighted by Gasteiger charge is -2.40. The lowest BCUT2D eigenvalue weighted by Crippen LogP contribution is -2.44. The molecule has 3 atom stereocenters. The second-order valence-electron chi connectivity index (χ2n) is 11.6. The number of rotatable bonds is 7. The van der Waals surface area contributed by atoms with Gasteiger partial charge in [0.2, 0.25) is 0 Å². The van der Waals surface area contributed by atoms with Crippen LogP contribution >= 0.6 is 0 Å². The Kier molecular flexibility index (Phi) is 7.76. The van der Waals surface area contributed by atoms with E-state index in [1.807, 2.05) is 12.1 Å². The fourth-order valence-corrected chi connectivity index (χ4v) is 7.46. The minimum absolute atomic E-state index is 0.0826. The van der Waals surface area contributed by atoms with Crippen molar-refractivity contribution in [2.45, 2.75) is 55.8 Å². The number of aryl methyl sites for hydroxylation is 1. The van der Waals surface area contributed by atoms with Gasteiger partial charge in [-0.05, 0) is 72.9 Å². The average molecular weight is 544 g/mol. The highest BCUT2D eigenvalue weighted by Crippen LogP contribution is 2.50. The van der Waals surface area contributed by atoms with E-state index in [1.54, 1.807) is 21.3 Å². The molecule has 2 heterocycles. The Labute approximate surface area is 237 Å². The quantitative estimate of drug-likeness (QED) is 0.355. The van der Waals surface area contributed by atoms with Gasteiger partial charge in [-0.3, -0.25) is 0 Å². The summed E-state index contributed by atoms with van der Waals surface area (Å²) in [6.07, 6.45) is 4.73. The minimum Gasteiger partial charge on any atom is -0.508 e. The van der Waals surface area contributed by atoms with Crippen LogP contribution in [0.25, 0.3) is 0 Å². The van der Waals surface area contributed by atoms with Crippen LogP contribution in [0.1, 0.15) is 59.8 Å². The minimum atomic E-state index is -0.206. The SMILES string of the molecule is COc1cc(N2CCC3(CC2)C[C@@H](C(OC)OC)CO3)ccc1[C@@H]1c2ccc(O)cc2CC[C@@H]1c1ccccc1. The molecule has 2 aliphatic heterocycles. The molecule has 0 radical (unpaired) electrons. The number of anilines is 1. The van der Waals surface area contributed by atoms with Crippen LogP contribution in [-0.4, -0.2) is 58.0 Å². The number of hydrogen-bond donors (Lipinski definition) is 1. The molecule has 6 heteroatoms.